The number of hydrogen-bond acceptors (Lipinski definition) is 5. The first-order valence-electron chi connectivity index (χ1n) is 8.36. The van der Waals surface area contributed by atoms with Gasteiger partial charge in [-0.2, -0.15) is 10.1 Å². The van der Waals surface area contributed by atoms with Crippen molar-refractivity contribution in [2.24, 2.45) is 0 Å². The first kappa shape index (κ1) is 17.0. The van der Waals surface area contributed by atoms with Gasteiger partial charge in [-0.25, -0.2) is 13.9 Å². The Bertz CT molecular complexity index is 1160. The van der Waals surface area contributed by atoms with Crippen molar-refractivity contribution in [1.29, 1.82) is 0 Å². The summed E-state index contributed by atoms with van der Waals surface area (Å²) in [5.41, 5.74) is 7.50. The fraction of sp³-hybridized carbons (Fsp3) is 0.222. The molecule has 0 saturated carbocycles. The summed E-state index contributed by atoms with van der Waals surface area (Å²) in [4.78, 5) is 23.7. The molecule has 0 spiro atoms. The number of hydrogen-bond donors (Lipinski definition) is 3. The predicted octanol–water partition coefficient (Wildman–Crippen LogP) is 2.33. The molecule has 0 saturated heterocycles. The zero-order valence-electron chi connectivity index (χ0n) is 14.8. The summed E-state index contributed by atoms with van der Waals surface area (Å²) in [6.07, 6.45) is 6.70. The SMILES string of the molecule is CC(C)(F)CNC(=O)c1cnn2ccc(-c3c[nH]c4nc(N)ncc34)cc12. The molecule has 0 atom stereocenters. The molecule has 0 aromatic carbocycles. The van der Waals surface area contributed by atoms with Crippen LogP contribution in [0.1, 0.15) is 24.2 Å². The van der Waals surface area contributed by atoms with Crippen LogP contribution in [0.4, 0.5) is 10.3 Å². The second kappa shape index (κ2) is 6.04. The third-order valence-electron chi connectivity index (χ3n) is 4.20. The Balaban J connectivity index is 1.74. The Hall–Kier alpha value is -3.49. The number of H-pyrrole nitrogens is 1. The number of anilines is 1. The van der Waals surface area contributed by atoms with E-state index in [2.05, 4.69) is 25.4 Å². The summed E-state index contributed by atoms with van der Waals surface area (Å²) in [6, 6.07) is 3.73. The second-order valence-electron chi connectivity index (χ2n) is 6.90. The van der Waals surface area contributed by atoms with E-state index >= 15 is 0 Å². The zero-order chi connectivity index (χ0) is 19.2. The number of carbonyl (C=O) groups excluding carboxylic acids is 1. The molecule has 1 amide bonds. The normalized spacial score (nSPS) is 12.0. The van der Waals surface area contributed by atoms with E-state index < -0.39 is 5.67 Å². The van der Waals surface area contributed by atoms with Gasteiger partial charge < -0.3 is 16.0 Å². The van der Waals surface area contributed by atoms with Crippen molar-refractivity contribution in [3.8, 4) is 11.1 Å². The highest BCUT2D eigenvalue weighted by Gasteiger charge is 2.19. The zero-order valence-corrected chi connectivity index (χ0v) is 14.8. The molecule has 8 nitrogen and oxygen atoms in total. The molecule has 138 valence electrons. The number of halogens is 1. The third kappa shape index (κ3) is 3.19. The van der Waals surface area contributed by atoms with E-state index in [4.69, 9.17) is 5.73 Å². The standard InChI is InChI=1S/C18H18FN7O/c1-18(2,19)9-23-16(27)13-8-24-26-4-3-10(5-14(13)26)11-6-21-15-12(11)7-22-17(20)25-15/h3-8H,9H2,1-2H3,(H,23,27)(H3,20,21,22,25). The monoisotopic (exact) mass is 367 g/mol. The predicted molar refractivity (Wildman–Crippen MR) is 100 cm³/mol. The molecule has 4 aromatic heterocycles. The van der Waals surface area contributed by atoms with Crippen LogP contribution in [0.25, 0.3) is 27.7 Å². The quantitative estimate of drug-likeness (QED) is 0.512. The number of nitrogens with two attached hydrogens (primary N) is 1. The molecule has 0 radical (unpaired) electrons. The van der Waals surface area contributed by atoms with Crippen LogP contribution in [0.3, 0.4) is 0 Å². The Morgan fingerprint density at radius 2 is 2.22 bits per heavy atom. The van der Waals surface area contributed by atoms with Gasteiger partial charge in [0, 0.05) is 29.5 Å². The van der Waals surface area contributed by atoms with Gasteiger partial charge >= 0.3 is 0 Å². The smallest absolute Gasteiger partial charge is 0.255 e. The molecule has 4 rings (SSSR count). The summed E-state index contributed by atoms with van der Waals surface area (Å²) in [5.74, 6) is -0.181. The summed E-state index contributed by atoms with van der Waals surface area (Å²) < 4.78 is 15.3. The molecular formula is C18H18FN7O. The third-order valence-corrected chi connectivity index (χ3v) is 4.20. The molecule has 0 aliphatic heterocycles. The minimum absolute atomic E-state index is 0.0793. The van der Waals surface area contributed by atoms with Crippen molar-refractivity contribution in [3.63, 3.8) is 0 Å². The van der Waals surface area contributed by atoms with Gasteiger partial charge in [-0.15, -0.1) is 0 Å². The maximum Gasteiger partial charge on any atom is 0.255 e. The minimum atomic E-state index is -1.49. The van der Waals surface area contributed by atoms with Gasteiger partial charge in [-0.3, -0.25) is 4.79 Å². The summed E-state index contributed by atoms with van der Waals surface area (Å²) in [7, 11) is 0. The van der Waals surface area contributed by atoms with Crippen LogP contribution < -0.4 is 11.1 Å². The largest absolute Gasteiger partial charge is 0.368 e. The van der Waals surface area contributed by atoms with E-state index in [9.17, 15) is 9.18 Å². The van der Waals surface area contributed by atoms with E-state index in [1.54, 1.807) is 16.9 Å². The lowest BCUT2D eigenvalue weighted by molar-refractivity contribution is 0.0922. The number of carbonyl (C=O) groups is 1. The van der Waals surface area contributed by atoms with Crippen LogP contribution in [0, 0.1) is 0 Å². The number of fused-ring (bicyclic) bond motifs is 2. The van der Waals surface area contributed by atoms with Crippen molar-refractivity contribution in [2.75, 3.05) is 12.3 Å². The van der Waals surface area contributed by atoms with Crippen LogP contribution in [0.5, 0.6) is 0 Å². The first-order chi connectivity index (χ1) is 12.8. The van der Waals surface area contributed by atoms with Crippen LogP contribution in [-0.2, 0) is 0 Å². The highest BCUT2D eigenvalue weighted by atomic mass is 19.1. The average Bonchev–Trinajstić information content (AvgIpc) is 3.21. The molecule has 0 unspecified atom stereocenters. The van der Waals surface area contributed by atoms with Gasteiger partial charge in [0.1, 0.15) is 11.3 Å². The number of nitrogen functional groups attached to an aromatic ring is 1. The van der Waals surface area contributed by atoms with Crippen LogP contribution in [0.15, 0.2) is 36.9 Å². The maximum atomic E-state index is 13.7. The number of rotatable bonds is 4. The van der Waals surface area contributed by atoms with Crippen molar-refractivity contribution >= 4 is 28.4 Å². The molecule has 0 bridgehead atoms. The lowest BCUT2D eigenvalue weighted by Crippen LogP contribution is -2.35. The number of nitrogens with zero attached hydrogens (tertiary/aromatic N) is 4. The number of pyridine rings is 1. The molecule has 4 aromatic rings. The van der Waals surface area contributed by atoms with Gasteiger partial charge in [0.15, 0.2) is 0 Å². The van der Waals surface area contributed by atoms with E-state index in [1.165, 1.54) is 20.0 Å². The molecule has 9 heteroatoms. The van der Waals surface area contributed by atoms with Crippen molar-refractivity contribution < 1.29 is 9.18 Å². The highest BCUT2D eigenvalue weighted by molar-refractivity contribution is 6.02. The topological polar surface area (TPSA) is 114 Å². The van der Waals surface area contributed by atoms with Crippen LogP contribution >= 0.6 is 0 Å². The Kier molecular flexibility index (Phi) is 3.79. The Labute approximate surface area is 153 Å². The maximum absolute atomic E-state index is 13.7. The van der Waals surface area contributed by atoms with Gasteiger partial charge in [-0.05, 0) is 31.5 Å². The van der Waals surface area contributed by atoms with Gasteiger partial charge in [0.2, 0.25) is 5.95 Å². The highest BCUT2D eigenvalue weighted by Crippen LogP contribution is 2.29. The van der Waals surface area contributed by atoms with Crippen molar-refractivity contribution in [3.05, 3.63) is 42.5 Å². The summed E-state index contributed by atoms with van der Waals surface area (Å²) >= 11 is 0. The molecule has 0 aliphatic carbocycles. The fourth-order valence-corrected chi connectivity index (χ4v) is 2.87. The van der Waals surface area contributed by atoms with E-state index in [1.807, 2.05) is 18.3 Å². The number of nitrogens with one attached hydrogen (secondary N) is 2. The molecule has 27 heavy (non-hydrogen) atoms. The fourth-order valence-electron chi connectivity index (χ4n) is 2.87. The number of alkyl halides is 1. The molecular weight excluding hydrogens is 349 g/mol. The Morgan fingerprint density at radius 3 is 3.00 bits per heavy atom. The van der Waals surface area contributed by atoms with E-state index in [0.717, 1.165) is 16.5 Å². The van der Waals surface area contributed by atoms with E-state index in [0.29, 0.717) is 16.7 Å². The van der Waals surface area contributed by atoms with E-state index in [-0.39, 0.29) is 18.4 Å². The summed E-state index contributed by atoms with van der Waals surface area (Å²) in [5, 5.41) is 7.61. The van der Waals surface area contributed by atoms with Gasteiger partial charge in [-0.1, -0.05) is 0 Å². The Morgan fingerprint density at radius 1 is 1.41 bits per heavy atom. The molecule has 4 heterocycles. The van der Waals surface area contributed by atoms with Gasteiger partial charge in [0.25, 0.3) is 5.91 Å². The lowest BCUT2D eigenvalue weighted by Gasteiger charge is -2.14. The van der Waals surface area contributed by atoms with Crippen molar-refractivity contribution in [2.45, 2.75) is 19.5 Å². The lowest BCUT2D eigenvalue weighted by atomic mass is 10.1. The number of amides is 1. The van der Waals surface area contributed by atoms with Gasteiger partial charge in [0.05, 0.1) is 23.8 Å². The minimum Gasteiger partial charge on any atom is -0.368 e. The molecule has 0 aliphatic rings. The van der Waals surface area contributed by atoms with Crippen LogP contribution in [0.2, 0.25) is 0 Å². The average molecular weight is 367 g/mol. The van der Waals surface area contributed by atoms with Crippen LogP contribution in [-0.4, -0.2) is 42.7 Å². The second-order valence-corrected chi connectivity index (χ2v) is 6.90. The molecule has 0 fully saturated rings. The molecule has 4 N–H and O–H groups in total. The number of aromatic nitrogens is 5. The number of aromatic amines is 1. The van der Waals surface area contributed by atoms with Crippen molar-refractivity contribution in [1.82, 2.24) is 29.9 Å². The first-order valence-corrected chi connectivity index (χ1v) is 8.36. The summed E-state index contributed by atoms with van der Waals surface area (Å²) in [6.45, 7) is 2.74.